The maximum Gasteiger partial charge on any atom is 0.261 e. The van der Waals surface area contributed by atoms with Crippen LogP contribution in [-0.2, 0) is 11.3 Å². The highest BCUT2D eigenvalue weighted by Crippen LogP contribution is 2.37. The molecule has 1 aliphatic rings. The van der Waals surface area contributed by atoms with Gasteiger partial charge in [0.25, 0.3) is 5.56 Å². The largest absolute Gasteiger partial charge is 0.342 e. The summed E-state index contributed by atoms with van der Waals surface area (Å²) < 4.78 is 1.53. The molecule has 2 heterocycles. The van der Waals surface area contributed by atoms with Gasteiger partial charge in [-0.15, -0.1) is 0 Å². The van der Waals surface area contributed by atoms with E-state index in [1.165, 1.54) is 10.9 Å². The van der Waals surface area contributed by atoms with Crippen LogP contribution in [0.15, 0.2) is 59.7 Å². The molecule has 0 aliphatic carbocycles. The molecule has 150 valence electrons. The van der Waals surface area contributed by atoms with Crippen LogP contribution in [0.3, 0.4) is 0 Å². The number of carbonyl (C=O) groups is 1. The fourth-order valence-electron chi connectivity index (χ4n) is 3.64. The first-order valence-corrected chi connectivity index (χ1v) is 11.1. The Balaban J connectivity index is 1.39. The maximum absolute atomic E-state index is 12.8. The van der Waals surface area contributed by atoms with Gasteiger partial charge in [0.1, 0.15) is 0 Å². The second kappa shape index (κ2) is 9.01. The van der Waals surface area contributed by atoms with Gasteiger partial charge in [0.2, 0.25) is 5.91 Å². The minimum atomic E-state index is -0.103. The Morgan fingerprint density at radius 1 is 1.14 bits per heavy atom. The van der Waals surface area contributed by atoms with E-state index >= 15 is 0 Å². The molecule has 1 fully saturated rings. The summed E-state index contributed by atoms with van der Waals surface area (Å²) in [5.74, 6) is 0.949. The number of aromatic nitrogens is 2. The van der Waals surface area contributed by atoms with Gasteiger partial charge in [-0.3, -0.25) is 14.2 Å². The summed E-state index contributed by atoms with van der Waals surface area (Å²) >= 11 is 8.20. The molecule has 1 aliphatic heterocycles. The number of para-hydroxylation sites is 1. The minimum absolute atomic E-state index is 0.0745. The summed E-state index contributed by atoms with van der Waals surface area (Å²) in [5.41, 5.74) is 1.71. The number of rotatable bonds is 4. The number of carbonyl (C=O) groups excluding carboxylic acids is 1. The van der Waals surface area contributed by atoms with Crippen molar-refractivity contribution < 1.29 is 4.79 Å². The van der Waals surface area contributed by atoms with E-state index in [2.05, 4.69) is 11.1 Å². The topological polar surface area (TPSA) is 55.2 Å². The van der Waals surface area contributed by atoms with Crippen LogP contribution >= 0.6 is 23.4 Å². The summed E-state index contributed by atoms with van der Waals surface area (Å²) in [4.78, 5) is 31.6. The fraction of sp³-hybridized carbons (Fsp3) is 0.318. The average molecular weight is 428 g/mol. The molecule has 4 rings (SSSR count). The third-order valence-electron chi connectivity index (χ3n) is 5.24. The third-order valence-corrected chi connectivity index (χ3v) is 6.90. The van der Waals surface area contributed by atoms with Gasteiger partial charge in [0, 0.05) is 42.1 Å². The molecule has 1 amide bonds. The van der Waals surface area contributed by atoms with Gasteiger partial charge in [-0.1, -0.05) is 41.9 Å². The van der Waals surface area contributed by atoms with Gasteiger partial charge in [-0.05, 0) is 30.2 Å². The maximum atomic E-state index is 12.8. The second-order valence-corrected chi connectivity index (χ2v) is 8.78. The van der Waals surface area contributed by atoms with Crippen molar-refractivity contribution in [2.75, 3.05) is 18.8 Å². The highest BCUT2D eigenvalue weighted by molar-refractivity contribution is 7.99. The van der Waals surface area contributed by atoms with Crippen molar-refractivity contribution >= 4 is 40.2 Å². The summed E-state index contributed by atoms with van der Waals surface area (Å²) in [7, 11) is 0. The number of halogens is 1. The molecule has 29 heavy (non-hydrogen) atoms. The number of thioether (sulfide) groups is 1. The molecule has 1 atom stereocenters. The van der Waals surface area contributed by atoms with Crippen LogP contribution < -0.4 is 5.56 Å². The molecule has 3 aromatic rings. The van der Waals surface area contributed by atoms with Crippen molar-refractivity contribution in [1.82, 2.24) is 14.5 Å². The van der Waals surface area contributed by atoms with Gasteiger partial charge < -0.3 is 4.90 Å². The Morgan fingerprint density at radius 2 is 1.93 bits per heavy atom. The van der Waals surface area contributed by atoms with Gasteiger partial charge in [0.15, 0.2) is 0 Å². The molecule has 0 saturated carbocycles. The minimum Gasteiger partial charge on any atom is -0.342 e. The molecular weight excluding hydrogens is 406 g/mol. The SMILES string of the molecule is O=C(CCn1cnc2ccccc2c1=O)N1CCSC(c2ccccc2Cl)CC1. The van der Waals surface area contributed by atoms with Gasteiger partial charge in [-0.25, -0.2) is 4.98 Å². The number of amides is 1. The van der Waals surface area contributed by atoms with Crippen molar-refractivity contribution in [3.05, 3.63) is 75.8 Å². The van der Waals surface area contributed by atoms with Crippen molar-refractivity contribution in [3.63, 3.8) is 0 Å². The Hall–Kier alpha value is -2.31. The Morgan fingerprint density at radius 3 is 2.79 bits per heavy atom. The van der Waals surface area contributed by atoms with Crippen LogP contribution in [0.4, 0.5) is 0 Å². The molecule has 5 nitrogen and oxygen atoms in total. The second-order valence-electron chi connectivity index (χ2n) is 7.06. The number of aryl methyl sites for hydroxylation is 1. The van der Waals surface area contributed by atoms with Gasteiger partial charge in [-0.2, -0.15) is 11.8 Å². The molecule has 1 unspecified atom stereocenters. The van der Waals surface area contributed by atoms with Crippen LogP contribution in [0.1, 0.15) is 23.7 Å². The van der Waals surface area contributed by atoms with E-state index < -0.39 is 0 Å². The van der Waals surface area contributed by atoms with E-state index in [0.717, 1.165) is 29.3 Å². The quantitative estimate of drug-likeness (QED) is 0.627. The molecule has 0 bridgehead atoms. The lowest BCUT2D eigenvalue weighted by Gasteiger charge is -2.21. The number of hydrogen-bond acceptors (Lipinski definition) is 4. The summed E-state index contributed by atoms with van der Waals surface area (Å²) in [6.07, 6.45) is 2.70. The van der Waals surface area contributed by atoms with Crippen LogP contribution in [0, 0.1) is 0 Å². The first-order valence-electron chi connectivity index (χ1n) is 9.71. The molecular formula is C22H22ClN3O2S. The molecule has 1 aromatic heterocycles. The third kappa shape index (κ3) is 4.49. The summed E-state index contributed by atoms with van der Waals surface area (Å²) in [5, 5.41) is 1.66. The summed E-state index contributed by atoms with van der Waals surface area (Å²) in [6, 6.07) is 15.2. The van der Waals surface area contributed by atoms with E-state index in [1.807, 2.05) is 53.1 Å². The Bertz CT molecular complexity index is 1080. The smallest absolute Gasteiger partial charge is 0.261 e. The van der Waals surface area contributed by atoms with E-state index in [1.54, 1.807) is 6.07 Å². The Labute approximate surface area is 178 Å². The van der Waals surface area contributed by atoms with E-state index in [-0.39, 0.29) is 11.5 Å². The lowest BCUT2D eigenvalue weighted by atomic mass is 10.1. The van der Waals surface area contributed by atoms with Crippen molar-refractivity contribution in [2.45, 2.75) is 24.6 Å². The molecule has 2 aromatic carbocycles. The predicted octanol–water partition coefficient (Wildman–Crippen LogP) is 4.15. The van der Waals surface area contributed by atoms with Crippen LogP contribution in [0.2, 0.25) is 5.02 Å². The standard InChI is InChI=1S/C22H22ClN3O2S/c23-18-7-3-1-5-16(18)20-9-11-25(13-14-29-20)21(27)10-12-26-15-24-19-8-4-2-6-17(19)22(26)28/h1-8,15,20H,9-14H2. The van der Waals surface area contributed by atoms with Crippen molar-refractivity contribution in [3.8, 4) is 0 Å². The average Bonchev–Trinajstić information content (AvgIpc) is 3.00. The lowest BCUT2D eigenvalue weighted by Crippen LogP contribution is -2.34. The normalized spacial score (nSPS) is 17.3. The first-order chi connectivity index (χ1) is 14.1. The van der Waals surface area contributed by atoms with Crippen LogP contribution in [-0.4, -0.2) is 39.2 Å². The molecule has 0 spiro atoms. The molecule has 0 N–H and O–H groups in total. The van der Waals surface area contributed by atoms with Gasteiger partial charge >= 0.3 is 0 Å². The number of nitrogens with zero attached hydrogens (tertiary/aromatic N) is 3. The zero-order chi connectivity index (χ0) is 20.2. The van der Waals surface area contributed by atoms with E-state index in [4.69, 9.17) is 11.6 Å². The molecule has 7 heteroatoms. The summed E-state index contributed by atoms with van der Waals surface area (Å²) in [6.45, 7) is 1.76. The molecule has 0 radical (unpaired) electrons. The highest BCUT2D eigenvalue weighted by Gasteiger charge is 2.23. The van der Waals surface area contributed by atoms with Crippen molar-refractivity contribution in [2.24, 2.45) is 0 Å². The zero-order valence-corrected chi connectivity index (χ0v) is 17.5. The van der Waals surface area contributed by atoms with Crippen LogP contribution in [0.5, 0.6) is 0 Å². The number of benzene rings is 2. The number of fused-ring (bicyclic) bond motifs is 1. The van der Waals surface area contributed by atoms with Gasteiger partial charge in [0.05, 0.1) is 17.2 Å². The number of hydrogen-bond donors (Lipinski definition) is 0. The monoisotopic (exact) mass is 427 g/mol. The Kier molecular flexibility index (Phi) is 6.21. The first kappa shape index (κ1) is 20.0. The zero-order valence-electron chi connectivity index (χ0n) is 16.0. The lowest BCUT2D eigenvalue weighted by molar-refractivity contribution is -0.131. The predicted molar refractivity (Wildman–Crippen MR) is 118 cm³/mol. The van der Waals surface area contributed by atoms with E-state index in [0.29, 0.717) is 35.7 Å². The van der Waals surface area contributed by atoms with Crippen LogP contribution in [0.25, 0.3) is 10.9 Å². The molecule has 1 saturated heterocycles. The fourth-order valence-corrected chi connectivity index (χ4v) is 5.24. The van der Waals surface area contributed by atoms with E-state index in [9.17, 15) is 9.59 Å². The van der Waals surface area contributed by atoms with Crippen molar-refractivity contribution in [1.29, 1.82) is 0 Å². The highest BCUT2D eigenvalue weighted by atomic mass is 35.5.